The molecule has 2 rings (SSSR count). The molecule has 3 N–H and O–H groups in total. The van der Waals surface area contributed by atoms with Crippen LogP contribution in [0.3, 0.4) is 0 Å². The summed E-state index contributed by atoms with van der Waals surface area (Å²) in [5.41, 5.74) is 1.46. The second kappa shape index (κ2) is 8.77. The molecule has 132 valence electrons. The molecule has 25 heavy (non-hydrogen) atoms. The average Bonchev–Trinajstić information content (AvgIpc) is 2.60. The summed E-state index contributed by atoms with van der Waals surface area (Å²) in [5, 5.41) is 7.79. The van der Waals surface area contributed by atoms with Crippen LogP contribution < -0.4 is 16.0 Å². The lowest BCUT2D eigenvalue weighted by molar-refractivity contribution is 0.0953. The van der Waals surface area contributed by atoms with Crippen molar-refractivity contribution in [2.45, 2.75) is 13.5 Å². The summed E-state index contributed by atoms with van der Waals surface area (Å²) >= 11 is 0. The van der Waals surface area contributed by atoms with Gasteiger partial charge < -0.3 is 16.0 Å². The third-order valence-corrected chi connectivity index (χ3v) is 3.50. The predicted molar refractivity (Wildman–Crippen MR) is 90.1 cm³/mol. The number of amides is 3. The number of rotatable bonds is 6. The van der Waals surface area contributed by atoms with Gasteiger partial charge in [0, 0.05) is 25.2 Å². The van der Waals surface area contributed by atoms with E-state index in [0.29, 0.717) is 5.56 Å². The molecule has 0 heterocycles. The fourth-order valence-corrected chi connectivity index (χ4v) is 2.04. The Morgan fingerprint density at radius 3 is 2.28 bits per heavy atom. The molecule has 0 saturated carbocycles. The highest BCUT2D eigenvalue weighted by Gasteiger charge is 2.07. The van der Waals surface area contributed by atoms with E-state index in [4.69, 9.17) is 0 Å². The quantitative estimate of drug-likeness (QED) is 0.703. The summed E-state index contributed by atoms with van der Waals surface area (Å²) in [5.74, 6) is -1.18. The van der Waals surface area contributed by atoms with Crippen LogP contribution in [0.1, 0.15) is 21.5 Å². The third-order valence-electron chi connectivity index (χ3n) is 3.50. The van der Waals surface area contributed by atoms with Crippen LogP contribution in [0.4, 0.5) is 13.6 Å². The highest BCUT2D eigenvalue weighted by atomic mass is 19.1. The number of hydrogen-bond donors (Lipinski definition) is 3. The number of urea groups is 1. The molecular formula is C18H19F2N3O2. The summed E-state index contributed by atoms with van der Waals surface area (Å²) in [6, 6.07) is 9.64. The van der Waals surface area contributed by atoms with E-state index >= 15 is 0 Å². The molecule has 7 heteroatoms. The van der Waals surface area contributed by atoms with Crippen molar-refractivity contribution >= 4 is 11.9 Å². The lowest BCUT2D eigenvalue weighted by Crippen LogP contribution is -2.40. The van der Waals surface area contributed by atoms with Crippen molar-refractivity contribution in [1.29, 1.82) is 0 Å². The molecule has 0 saturated heterocycles. The standard InChI is InChI=1S/C18H19F2N3O2/c1-12-2-5-14(10-16(12)20)17(24)21-8-9-22-18(25)23-11-13-3-6-15(19)7-4-13/h2-7,10H,8-9,11H2,1H3,(H,21,24)(H2,22,23,25). The molecule has 2 aromatic rings. The normalized spacial score (nSPS) is 10.2. The summed E-state index contributed by atoms with van der Waals surface area (Å²) in [6.45, 7) is 2.31. The van der Waals surface area contributed by atoms with Gasteiger partial charge in [-0.2, -0.15) is 0 Å². The zero-order valence-electron chi connectivity index (χ0n) is 13.7. The lowest BCUT2D eigenvalue weighted by atomic mass is 10.1. The topological polar surface area (TPSA) is 70.2 Å². The number of carbonyl (C=O) groups excluding carboxylic acids is 2. The highest BCUT2D eigenvalue weighted by Crippen LogP contribution is 2.08. The second-order valence-corrected chi connectivity index (χ2v) is 5.46. The van der Waals surface area contributed by atoms with Crippen LogP contribution in [-0.4, -0.2) is 25.0 Å². The Labute approximate surface area is 144 Å². The molecule has 3 amide bonds. The van der Waals surface area contributed by atoms with Gasteiger partial charge in [-0.1, -0.05) is 18.2 Å². The maximum Gasteiger partial charge on any atom is 0.315 e. The minimum Gasteiger partial charge on any atom is -0.350 e. The summed E-state index contributed by atoms with van der Waals surface area (Å²) < 4.78 is 26.2. The van der Waals surface area contributed by atoms with Crippen molar-refractivity contribution < 1.29 is 18.4 Å². The van der Waals surface area contributed by atoms with Crippen LogP contribution in [0, 0.1) is 18.6 Å². The van der Waals surface area contributed by atoms with E-state index in [9.17, 15) is 18.4 Å². The van der Waals surface area contributed by atoms with Crippen molar-refractivity contribution in [3.05, 3.63) is 70.8 Å². The molecule has 0 atom stereocenters. The van der Waals surface area contributed by atoms with Gasteiger partial charge in [0.2, 0.25) is 0 Å². The van der Waals surface area contributed by atoms with Crippen LogP contribution in [0.15, 0.2) is 42.5 Å². The Bertz CT molecular complexity index is 748. The van der Waals surface area contributed by atoms with Gasteiger partial charge in [-0.05, 0) is 42.3 Å². The van der Waals surface area contributed by atoms with Gasteiger partial charge in [0.25, 0.3) is 5.91 Å². The maximum absolute atomic E-state index is 13.4. The minimum absolute atomic E-state index is 0.207. The molecule has 5 nitrogen and oxygen atoms in total. The van der Waals surface area contributed by atoms with Crippen molar-refractivity contribution in [3.8, 4) is 0 Å². The molecule has 0 aliphatic carbocycles. The predicted octanol–water partition coefficient (Wildman–Crippen LogP) is 2.50. The molecule has 0 aliphatic rings. The molecule has 0 aromatic heterocycles. The van der Waals surface area contributed by atoms with Crippen LogP contribution in [-0.2, 0) is 6.54 Å². The zero-order chi connectivity index (χ0) is 18.2. The number of aryl methyl sites for hydroxylation is 1. The van der Waals surface area contributed by atoms with Crippen molar-refractivity contribution in [1.82, 2.24) is 16.0 Å². The molecule has 0 radical (unpaired) electrons. The Hall–Kier alpha value is -2.96. The SMILES string of the molecule is Cc1ccc(C(=O)NCCNC(=O)NCc2ccc(F)cc2)cc1F. The summed E-state index contributed by atoms with van der Waals surface area (Å²) in [6.07, 6.45) is 0. The van der Waals surface area contributed by atoms with E-state index in [-0.39, 0.29) is 31.0 Å². The maximum atomic E-state index is 13.4. The number of nitrogens with one attached hydrogen (secondary N) is 3. The average molecular weight is 347 g/mol. The van der Waals surface area contributed by atoms with Gasteiger partial charge in [-0.15, -0.1) is 0 Å². The van der Waals surface area contributed by atoms with Gasteiger partial charge >= 0.3 is 6.03 Å². The van der Waals surface area contributed by atoms with E-state index in [1.54, 1.807) is 19.1 Å². The van der Waals surface area contributed by atoms with E-state index in [2.05, 4.69) is 16.0 Å². The first-order chi connectivity index (χ1) is 12.0. The van der Waals surface area contributed by atoms with Crippen LogP contribution >= 0.6 is 0 Å². The summed E-state index contributed by atoms with van der Waals surface area (Å²) in [4.78, 5) is 23.5. The van der Waals surface area contributed by atoms with Crippen LogP contribution in [0.25, 0.3) is 0 Å². The van der Waals surface area contributed by atoms with Gasteiger partial charge in [0.15, 0.2) is 0 Å². The fourth-order valence-electron chi connectivity index (χ4n) is 2.04. The highest BCUT2D eigenvalue weighted by molar-refractivity contribution is 5.94. The molecule has 0 fully saturated rings. The number of hydrogen-bond acceptors (Lipinski definition) is 2. The number of benzene rings is 2. The molecule has 0 spiro atoms. The molecule has 0 aliphatic heterocycles. The Morgan fingerprint density at radius 2 is 1.60 bits per heavy atom. The Balaban J connectivity index is 1.66. The molecule has 0 unspecified atom stereocenters. The van der Waals surface area contributed by atoms with Crippen molar-refractivity contribution in [3.63, 3.8) is 0 Å². The van der Waals surface area contributed by atoms with Crippen molar-refractivity contribution in [2.24, 2.45) is 0 Å². The third kappa shape index (κ3) is 5.87. The van der Waals surface area contributed by atoms with Gasteiger partial charge in [0.05, 0.1) is 0 Å². The van der Waals surface area contributed by atoms with Crippen LogP contribution in [0.2, 0.25) is 0 Å². The largest absolute Gasteiger partial charge is 0.350 e. The minimum atomic E-state index is -0.439. The Kier molecular flexibility index (Phi) is 6.45. The first-order valence-electron chi connectivity index (χ1n) is 7.76. The van der Waals surface area contributed by atoms with E-state index in [0.717, 1.165) is 5.56 Å². The zero-order valence-corrected chi connectivity index (χ0v) is 13.7. The first-order valence-corrected chi connectivity index (χ1v) is 7.76. The monoisotopic (exact) mass is 347 g/mol. The van der Waals surface area contributed by atoms with Gasteiger partial charge in [0.1, 0.15) is 11.6 Å². The second-order valence-electron chi connectivity index (χ2n) is 5.46. The molecular weight excluding hydrogens is 328 g/mol. The van der Waals surface area contributed by atoms with E-state index < -0.39 is 17.8 Å². The van der Waals surface area contributed by atoms with E-state index in [1.165, 1.54) is 30.3 Å². The van der Waals surface area contributed by atoms with Gasteiger partial charge in [-0.25, -0.2) is 13.6 Å². The fraction of sp³-hybridized carbons (Fsp3) is 0.222. The van der Waals surface area contributed by atoms with Gasteiger partial charge in [-0.3, -0.25) is 4.79 Å². The molecule has 2 aromatic carbocycles. The number of halogens is 2. The first kappa shape index (κ1) is 18.4. The Morgan fingerprint density at radius 1 is 0.920 bits per heavy atom. The smallest absolute Gasteiger partial charge is 0.315 e. The summed E-state index contributed by atoms with van der Waals surface area (Å²) in [7, 11) is 0. The lowest BCUT2D eigenvalue weighted by Gasteiger charge is -2.09. The van der Waals surface area contributed by atoms with Crippen LogP contribution in [0.5, 0.6) is 0 Å². The number of carbonyl (C=O) groups is 2. The molecule has 0 bridgehead atoms. The van der Waals surface area contributed by atoms with E-state index in [1.807, 2.05) is 0 Å². The van der Waals surface area contributed by atoms with Crippen molar-refractivity contribution in [2.75, 3.05) is 13.1 Å².